The molecule has 0 bridgehead atoms. The van der Waals surface area contributed by atoms with Gasteiger partial charge in [-0.3, -0.25) is 9.69 Å². The van der Waals surface area contributed by atoms with Gasteiger partial charge in [0, 0.05) is 38.1 Å². The van der Waals surface area contributed by atoms with Crippen molar-refractivity contribution in [2.45, 2.75) is 68.9 Å². The van der Waals surface area contributed by atoms with E-state index in [-0.39, 0.29) is 23.6 Å². The second-order valence-corrected chi connectivity index (χ2v) is 12.4. The number of halogens is 7. The molecule has 11 heteroatoms. The number of hydrogen-bond acceptors (Lipinski definition) is 3. The standard InChI is InChI=1S/C29H33F7N2OS/c1-27(2,19-14-20(28(31,32)33)16-21(15-19)29(34,35)36)26(39)37(3)25-8-11-38(23-9-12-40-13-10-23)17-24(25)18-4-6-22(30)7-5-18/h4-7,14-16,23-25H,8-13,17H2,1-3H3/t24-,25+/m0/s1. The maximum absolute atomic E-state index is 13.9. The highest BCUT2D eigenvalue weighted by molar-refractivity contribution is 7.99. The fraction of sp³-hybridized carbons (Fsp3) is 0.552. The summed E-state index contributed by atoms with van der Waals surface area (Å²) >= 11 is 1.91. The fourth-order valence-corrected chi connectivity index (χ4v) is 6.96. The van der Waals surface area contributed by atoms with E-state index in [4.69, 9.17) is 0 Å². The van der Waals surface area contributed by atoms with Crippen LogP contribution in [0.2, 0.25) is 0 Å². The highest BCUT2D eigenvalue weighted by atomic mass is 32.2. The van der Waals surface area contributed by atoms with E-state index in [2.05, 4.69) is 4.90 Å². The summed E-state index contributed by atoms with van der Waals surface area (Å²) in [5.41, 5.74) is -4.12. The molecule has 3 nitrogen and oxygen atoms in total. The molecule has 0 spiro atoms. The van der Waals surface area contributed by atoms with Crippen LogP contribution in [0.25, 0.3) is 0 Å². The van der Waals surface area contributed by atoms with Gasteiger partial charge in [0.25, 0.3) is 0 Å². The Kier molecular flexibility index (Phi) is 8.86. The van der Waals surface area contributed by atoms with Gasteiger partial charge in [-0.15, -0.1) is 0 Å². The molecule has 2 aliphatic heterocycles. The normalized spacial score (nSPS) is 21.9. The second kappa shape index (κ2) is 11.5. The summed E-state index contributed by atoms with van der Waals surface area (Å²) < 4.78 is 95.0. The molecule has 2 saturated heterocycles. The minimum atomic E-state index is -5.01. The number of piperidine rings is 1. The predicted molar refractivity (Wildman–Crippen MR) is 142 cm³/mol. The molecule has 2 aliphatic rings. The lowest BCUT2D eigenvalue weighted by molar-refractivity contribution is -0.144. The molecular weight excluding hydrogens is 557 g/mol. The molecule has 2 aromatic carbocycles. The predicted octanol–water partition coefficient (Wildman–Crippen LogP) is 7.35. The first-order valence-electron chi connectivity index (χ1n) is 13.2. The summed E-state index contributed by atoms with van der Waals surface area (Å²) in [5.74, 6) is 0.943. The van der Waals surface area contributed by atoms with E-state index < -0.39 is 40.6 Å². The van der Waals surface area contributed by atoms with Crippen molar-refractivity contribution in [2.75, 3.05) is 31.6 Å². The molecule has 40 heavy (non-hydrogen) atoms. The van der Waals surface area contributed by atoms with E-state index in [9.17, 15) is 35.5 Å². The van der Waals surface area contributed by atoms with Crippen molar-refractivity contribution in [1.29, 1.82) is 0 Å². The van der Waals surface area contributed by atoms with Crippen molar-refractivity contribution < 1.29 is 35.5 Å². The average molecular weight is 591 g/mol. The second-order valence-electron chi connectivity index (χ2n) is 11.2. The maximum Gasteiger partial charge on any atom is 0.416 e. The minimum absolute atomic E-state index is 0.0673. The Morgan fingerprint density at radius 3 is 1.93 bits per heavy atom. The van der Waals surface area contributed by atoms with Crippen LogP contribution in [-0.4, -0.2) is 59.4 Å². The summed E-state index contributed by atoms with van der Waals surface area (Å²) in [6.45, 7) is 4.02. The van der Waals surface area contributed by atoms with E-state index in [1.807, 2.05) is 11.8 Å². The van der Waals surface area contributed by atoms with Gasteiger partial charge in [0.15, 0.2) is 0 Å². The number of alkyl halides is 6. The van der Waals surface area contributed by atoms with Crippen LogP contribution in [0.3, 0.4) is 0 Å². The van der Waals surface area contributed by atoms with Gasteiger partial charge in [-0.25, -0.2) is 4.39 Å². The molecule has 0 radical (unpaired) electrons. The zero-order valence-electron chi connectivity index (χ0n) is 22.6. The van der Waals surface area contributed by atoms with E-state index in [1.54, 1.807) is 19.2 Å². The fourth-order valence-electron chi connectivity index (χ4n) is 5.88. The smallest absolute Gasteiger partial charge is 0.341 e. The Morgan fingerprint density at radius 2 is 1.40 bits per heavy atom. The third-order valence-electron chi connectivity index (χ3n) is 8.27. The molecule has 2 fully saturated rings. The van der Waals surface area contributed by atoms with Crippen LogP contribution in [0.1, 0.15) is 61.3 Å². The molecular formula is C29H33F7N2OS. The van der Waals surface area contributed by atoms with Crippen molar-refractivity contribution >= 4 is 17.7 Å². The van der Waals surface area contributed by atoms with Crippen LogP contribution in [0.15, 0.2) is 42.5 Å². The molecule has 2 aromatic rings. The third-order valence-corrected chi connectivity index (χ3v) is 9.32. The minimum Gasteiger partial charge on any atom is -0.341 e. The van der Waals surface area contributed by atoms with Crippen molar-refractivity contribution in [2.24, 2.45) is 0 Å². The Bertz CT molecular complexity index is 1160. The van der Waals surface area contributed by atoms with Gasteiger partial charge in [0.05, 0.1) is 16.5 Å². The van der Waals surface area contributed by atoms with Crippen molar-refractivity contribution in [3.05, 3.63) is 70.5 Å². The van der Waals surface area contributed by atoms with Crippen molar-refractivity contribution in [3.63, 3.8) is 0 Å². The first-order valence-corrected chi connectivity index (χ1v) is 14.4. The van der Waals surface area contributed by atoms with Crippen molar-refractivity contribution in [1.82, 2.24) is 9.80 Å². The summed E-state index contributed by atoms with van der Waals surface area (Å²) in [5, 5.41) is 0. The molecule has 2 heterocycles. The molecule has 4 rings (SSSR count). The van der Waals surface area contributed by atoms with Crippen LogP contribution in [0.5, 0.6) is 0 Å². The summed E-state index contributed by atoms with van der Waals surface area (Å²) in [4.78, 5) is 17.8. The van der Waals surface area contributed by atoms with Gasteiger partial charge in [-0.05, 0) is 86.1 Å². The molecule has 1 amide bonds. The van der Waals surface area contributed by atoms with E-state index in [0.717, 1.165) is 29.9 Å². The van der Waals surface area contributed by atoms with Crippen LogP contribution >= 0.6 is 11.8 Å². The van der Waals surface area contributed by atoms with E-state index >= 15 is 0 Å². The molecule has 0 saturated carbocycles. The Hall–Kier alpha value is -2.27. The zero-order valence-corrected chi connectivity index (χ0v) is 23.4. The van der Waals surface area contributed by atoms with E-state index in [0.29, 0.717) is 37.7 Å². The number of hydrogen-bond donors (Lipinski definition) is 0. The summed E-state index contributed by atoms with van der Waals surface area (Å²) in [6, 6.07) is 7.42. The van der Waals surface area contributed by atoms with Crippen LogP contribution in [0, 0.1) is 5.82 Å². The zero-order chi connectivity index (χ0) is 29.5. The van der Waals surface area contributed by atoms with Gasteiger partial charge < -0.3 is 4.90 Å². The lowest BCUT2D eigenvalue weighted by Crippen LogP contribution is -2.55. The molecule has 220 valence electrons. The molecule has 0 unspecified atom stereocenters. The number of thioether (sulfide) groups is 1. The van der Waals surface area contributed by atoms with Gasteiger partial charge in [0.2, 0.25) is 5.91 Å². The van der Waals surface area contributed by atoms with E-state index in [1.165, 1.54) is 30.9 Å². The Morgan fingerprint density at radius 1 is 0.875 bits per heavy atom. The lowest BCUT2D eigenvalue weighted by Gasteiger charge is -2.47. The number of benzene rings is 2. The highest BCUT2D eigenvalue weighted by Gasteiger charge is 2.44. The topological polar surface area (TPSA) is 23.6 Å². The number of carbonyl (C=O) groups excluding carboxylic acids is 1. The first kappa shape index (κ1) is 30.7. The SMILES string of the molecule is CN(C(=O)C(C)(C)c1cc(C(F)(F)F)cc(C(F)(F)F)c1)[C@@H]1CCN(C2CCSCC2)C[C@H]1c1ccc(F)cc1. The van der Waals surface area contributed by atoms with Crippen LogP contribution in [0.4, 0.5) is 30.7 Å². The largest absolute Gasteiger partial charge is 0.416 e. The quantitative estimate of drug-likeness (QED) is 0.340. The molecule has 0 aromatic heterocycles. The van der Waals surface area contributed by atoms with Gasteiger partial charge in [0.1, 0.15) is 5.82 Å². The highest BCUT2D eigenvalue weighted by Crippen LogP contribution is 2.41. The first-order chi connectivity index (χ1) is 18.6. The number of carbonyl (C=O) groups is 1. The molecule has 0 N–H and O–H groups in total. The number of likely N-dealkylation sites (tertiary alicyclic amines) is 1. The maximum atomic E-state index is 13.9. The summed E-state index contributed by atoms with van der Waals surface area (Å²) in [7, 11) is 1.55. The third kappa shape index (κ3) is 6.61. The molecule has 2 atom stereocenters. The van der Waals surface area contributed by atoms with Gasteiger partial charge in [-0.2, -0.15) is 38.1 Å². The van der Waals surface area contributed by atoms with Crippen molar-refractivity contribution in [3.8, 4) is 0 Å². The van der Waals surface area contributed by atoms with Gasteiger partial charge >= 0.3 is 12.4 Å². The number of amides is 1. The average Bonchev–Trinajstić information content (AvgIpc) is 2.91. The molecule has 0 aliphatic carbocycles. The number of nitrogens with zero attached hydrogens (tertiary/aromatic N) is 2. The number of likely N-dealkylation sites (N-methyl/N-ethyl adjacent to an activating group) is 1. The Balaban J connectivity index is 1.66. The van der Waals surface area contributed by atoms with Crippen LogP contribution < -0.4 is 0 Å². The monoisotopic (exact) mass is 590 g/mol. The van der Waals surface area contributed by atoms with Crippen LogP contribution in [-0.2, 0) is 22.6 Å². The van der Waals surface area contributed by atoms with Gasteiger partial charge in [-0.1, -0.05) is 12.1 Å². The number of rotatable bonds is 5. The Labute approximate surface area is 234 Å². The lowest BCUT2D eigenvalue weighted by atomic mass is 9.79. The summed E-state index contributed by atoms with van der Waals surface area (Å²) in [6.07, 6.45) is -7.37.